The number of phenolic OH excluding ortho intramolecular Hbond substituents is 2. The molecule has 0 amide bonds. The van der Waals surface area contributed by atoms with Crippen LogP contribution in [0.25, 0.3) is 10.8 Å². The molecule has 0 spiro atoms. The zero-order chi connectivity index (χ0) is 16.5. The first kappa shape index (κ1) is 15.7. The largest absolute Gasteiger partial charge is 0.507 e. The number of aromatic hydroxyl groups is 2. The quantitative estimate of drug-likeness (QED) is 0.665. The van der Waals surface area contributed by atoms with E-state index in [2.05, 4.69) is 0 Å². The van der Waals surface area contributed by atoms with Gasteiger partial charge in [0.25, 0.3) is 0 Å². The second-order valence-corrected chi connectivity index (χ2v) is 7.49. The van der Waals surface area contributed by atoms with Gasteiger partial charge < -0.3 is 20.0 Å². The molecule has 0 aliphatic carbocycles. The highest BCUT2D eigenvalue weighted by atomic mass is 16.3. The lowest BCUT2D eigenvalue weighted by Crippen LogP contribution is -3.08. The molecule has 2 aliphatic heterocycles. The molecule has 2 aromatic carbocycles. The summed E-state index contributed by atoms with van der Waals surface area (Å²) in [6, 6.07) is 7.60. The monoisotopic (exact) mass is 328 g/mol. The summed E-state index contributed by atoms with van der Waals surface area (Å²) in [5.74, 6) is 0.791. The standard InChI is InChI=1S/C20H26N2O2/c23-19-7-6-16-15(17(19)13-21-9-1-2-10-21)5-8-20(24)18(16)14-22-11-3-4-12-22/h5-8,23-24H,1-4,9-14H2/p+2. The third-order valence-corrected chi connectivity index (χ3v) is 5.85. The average Bonchev–Trinajstić information content (AvgIpc) is 3.26. The summed E-state index contributed by atoms with van der Waals surface area (Å²) in [6.45, 7) is 6.53. The van der Waals surface area contributed by atoms with Crippen LogP contribution >= 0.6 is 0 Å². The molecular weight excluding hydrogens is 300 g/mol. The lowest BCUT2D eigenvalue weighted by molar-refractivity contribution is -0.901. The van der Waals surface area contributed by atoms with Crippen molar-refractivity contribution in [3.63, 3.8) is 0 Å². The number of nitrogens with one attached hydrogen (secondary N) is 2. The molecule has 128 valence electrons. The summed E-state index contributed by atoms with van der Waals surface area (Å²) >= 11 is 0. The fourth-order valence-corrected chi connectivity index (χ4v) is 4.48. The van der Waals surface area contributed by atoms with Crippen LogP contribution < -0.4 is 9.80 Å². The summed E-state index contributed by atoms with van der Waals surface area (Å²) in [5, 5.41) is 23.1. The van der Waals surface area contributed by atoms with E-state index in [4.69, 9.17) is 0 Å². The first-order valence-corrected chi connectivity index (χ1v) is 9.35. The van der Waals surface area contributed by atoms with Crippen molar-refractivity contribution in [3.8, 4) is 11.5 Å². The molecule has 24 heavy (non-hydrogen) atoms. The van der Waals surface area contributed by atoms with E-state index in [0.717, 1.165) is 35.0 Å². The number of hydrogen-bond acceptors (Lipinski definition) is 2. The van der Waals surface area contributed by atoms with Crippen molar-refractivity contribution in [1.82, 2.24) is 0 Å². The van der Waals surface area contributed by atoms with Crippen LogP contribution in [0.5, 0.6) is 11.5 Å². The normalized spacial score (nSPS) is 19.5. The molecule has 2 saturated heterocycles. The van der Waals surface area contributed by atoms with Crippen LogP contribution in [0.3, 0.4) is 0 Å². The van der Waals surface area contributed by atoms with Crippen LogP contribution in [-0.2, 0) is 13.1 Å². The highest BCUT2D eigenvalue weighted by Gasteiger charge is 2.23. The van der Waals surface area contributed by atoms with Crippen LogP contribution in [0.1, 0.15) is 36.8 Å². The number of benzene rings is 2. The minimum Gasteiger partial charge on any atom is -0.507 e. The Hall–Kier alpha value is -1.78. The zero-order valence-corrected chi connectivity index (χ0v) is 14.3. The van der Waals surface area contributed by atoms with Crippen molar-refractivity contribution in [2.45, 2.75) is 38.8 Å². The van der Waals surface area contributed by atoms with Gasteiger partial charge in [-0.3, -0.25) is 0 Å². The first-order chi connectivity index (χ1) is 11.7. The van der Waals surface area contributed by atoms with Crippen molar-refractivity contribution in [1.29, 1.82) is 0 Å². The Balaban J connectivity index is 1.74. The van der Waals surface area contributed by atoms with Gasteiger partial charge in [0.15, 0.2) is 0 Å². The SMILES string of the molecule is Oc1ccc2c(C[NH+]3CCCC3)c(O)ccc2c1C[NH+]1CCCC1. The predicted octanol–water partition coefficient (Wildman–Crippen LogP) is 0.608. The van der Waals surface area contributed by atoms with Crippen LogP contribution in [0, 0.1) is 0 Å². The fraction of sp³-hybridized carbons (Fsp3) is 0.500. The van der Waals surface area contributed by atoms with Gasteiger partial charge in [-0.2, -0.15) is 0 Å². The van der Waals surface area contributed by atoms with Crippen molar-refractivity contribution < 1.29 is 20.0 Å². The van der Waals surface area contributed by atoms with Gasteiger partial charge in [-0.25, -0.2) is 0 Å². The van der Waals surface area contributed by atoms with Gasteiger partial charge in [-0.15, -0.1) is 0 Å². The van der Waals surface area contributed by atoms with Crippen LogP contribution in [0.2, 0.25) is 0 Å². The highest BCUT2D eigenvalue weighted by molar-refractivity contribution is 5.91. The Bertz CT molecular complexity index is 669. The molecular formula is C20H28N2O2+2. The minimum absolute atomic E-state index is 0.395. The van der Waals surface area contributed by atoms with Crippen molar-refractivity contribution >= 4 is 10.8 Å². The van der Waals surface area contributed by atoms with Gasteiger partial charge >= 0.3 is 0 Å². The number of fused-ring (bicyclic) bond motifs is 1. The van der Waals surface area contributed by atoms with E-state index in [-0.39, 0.29) is 0 Å². The van der Waals surface area contributed by atoms with Gasteiger partial charge in [0, 0.05) is 25.7 Å². The molecule has 0 aromatic heterocycles. The molecule has 0 unspecified atom stereocenters. The minimum atomic E-state index is 0.395. The van der Waals surface area contributed by atoms with Crippen molar-refractivity contribution in [3.05, 3.63) is 35.4 Å². The molecule has 4 rings (SSSR count). The maximum absolute atomic E-state index is 10.4. The molecule has 0 atom stereocenters. The molecule has 2 fully saturated rings. The molecule has 4 N–H and O–H groups in total. The zero-order valence-electron chi connectivity index (χ0n) is 14.3. The number of rotatable bonds is 4. The van der Waals surface area contributed by atoms with E-state index in [0.29, 0.717) is 11.5 Å². The third-order valence-electron chi connectivity index (χ3n) is 5.85. The van der Waals surface area contributed by atoms with Gasteiger partial charge in [0.1, 0.15) is 24.6 Å². The second-order valence-electron chi connectivity index (χ2n) is 7.49. The Morgan fingerprint density at radius 2 is 1.00 bits per heavy atom. The van der Waals surface area contributed by atoms with E-state index >= 15 is 0 Å². The number of quaternary nitrogens is 2. The number of phenols is 2. The maximum atomic E-state index is 10.4. The molecule has 0 bridgehead atoms. The number of likely N-dealkylation sites (tertiary alicyclic amines) is 2. The van der Waals surface area contributed by atoms with Gasteiger partial charge in [0.2, 0.25) is 0 Å². The van der Waals surface area contributed by atoms with Crippen LogP contribution in [0.4, 0.5) is 0 Å². The lowest BCUT2D eigenvalue weighted by atomic mass is 9.97. The fourth-order valence-electron chi connectivity index (χ4n) is 4.48. The average molecular weight is 328 g/mol. The topological polar surface area (TPSA) is 49.3 Å². The van der Waals surface area contributed by atoms with E-state index in [1.54, 1.807) is 9.80 Å². The summed E-state index contributed by atoms with van der Waals surface area (Å²) in [6.07, 6.45) is 5.13. The summed E-state index contributed by atoms with van der Waals surface area (Å²) < 4.78 is 0. The lowest BCUT2D eigenvalue weighted by Gasteiger charge is -2.18. The Morgan fingerprint density at radius 1 is 0.625 bits per heavy atom. The van der Waals surface area contributed by atoms with Crippen LogP contribution in [-0.4, -0.2) is 36.4 Å². The summed E-state index contributed by atoms with van der Waals surface area (Å²) in [7, 11) is 0. The molecule has 2 aromatic rings. The van der Waals surface area contributed by atoms with Gasteiger partial charge in [-0.05, 0) is 22.9 Å². The predicted molar refractivity (Wildman–Crippen MR) is 94.5 cm³/mol. The van der Waals surface area contributed by atoms with E-state index in [1.165, 1.54) is 51.9 Å². The summed E-state index contributed by atoms with van der Waals surface area (Å²) in [5.41, 5.74) is 2.09. The van der Waals surface area contributed by atoms with E-state index in [1.807, 2.05) is 24.3 Å². The Morgan fingerprint density at radius 3 is 1.38 bits per heavy atom. The van der Waals surface area contributed by atoms with Crippen molar-refractivity contribution in [2.75, 3.05) is 26.2 Å². The Kier molecular flexibility index (Phi) is 4.33. The van der Waals surface area contributed by atoms with Crippen molar-refractivity contribution in [2.24, 2.45) is 0 Å². The van der Waals surface area contributed by atoms with E-state index < -0.39 is 0 Å². The maximum Gasteiger partial charge on any atom is 0.125 e. The molecule has 2 heterocycles. The van der Waals surface area contributed by atoms with E-state index in [9.17, 15) is 10.2 Å². The second kappa shape index (κ2) is 6.61. The van der Waals surface area contributed by atoms with Gasteiger partial charge in [-0.1, -0.05) is 12.1 Å². The molecule has 0 saturated carbocycles. The Labute approximate surface area is 143 Å². The first-order valence-electron chi connectivity index (χ1n) is 9.35. The highest BCUT2D eigenvalue weighted by Crippen LogP contribution is 2.33. The number of hydrogen-bond donors (Lipinski definition) is 4. The molecule has 2 aliphatic rings. The molecule has 4 heteroatoms. The third kappa shape index (κ3) is 2.96. The van der Waals surface area contributed by atoms with Gasteiger partial charge in [0.05, 0.1) is 37.3 Å². The summed E-state index contributed by atoms with van der Waals surface area (Å²) in [4.78, 5) is 3.11. The molecule has 4 nitrogen and oxygen atoms in total. The smallest absolute Gasteiger partial charge is 0.125 e. The van der Waals surface area contributed by atoms with Crippen LogP contribution in [0.15, 0.2) is 24.3 Å². The molecule has 0 radical (unpaired) electrons.